The molecule has 0 saturated heterocycles. The summed E-state index contributed by atoms with van der Waals surface area (Å²) in [6.07, 6.45) is 0. The molecule has 0 bridgehead atoms. The molecule has 3 nitrogen and oxygen atoms in total. The fourth-order valence-electron chi connectivity index (χ4n) is 2.33. The van der Waals surface area contributed by atoms with E-state index in [1.807, 2.05) is 49.4 Å². The zero-order valence-corrected chi connectivity index (χ0v) is 12.7. The second kappa shape index (κ2) is 7.60. The molecule has 0 aliphatic heterocycles. The summed E-state index contributed by atoms with van der Waals surface area (Å²) < 4.78 is 0. The number of likely N-dealkylation sites (N-methyl/N-ethyl adjacent to an activating group) is 1. The van der Waals surface area contributed by atoms with E-state index in [1.54, 1.807) is 0 Å². The Kier molecular flexibility index (Phi) is 5.52. The molecule has 1 atom stereocenters. The number of carbonyl (C=O) groups excluding carboxylic acids is 1. The molecule has 110 valence electrons. The fourth-order valence-corrected chi connectivity index (χ4v) is 2.33. The topological polar surface area (TPSA) is 33.5 Å². The van der Waals surface area contributed by atoms with Crippen molar-refractivity contribution in [2.45, 2.75) is 20.4 Å². The molecule has 3 heteroatoms. The Morgan fingerprint density at radius 1 is 1.05 bits per heavy atom. The van der Waals surface area contributed by atoms with Gasteiger partial charge in [-0.05, 0) is 25.5 Å². The largest absolute Gasteiger partial charge is 0.324 e. The standard InChI is InChI=1S/C18H22N2O/c1-3-20(13-16-10-5-4-6-11-16)14-18(21)19-17-12-8-7-9-15(17)2/h4-12H,3,13-14H2,1-2H3,(H,19,21)/p+1. The Hall–Kier alpha value is -2.13. The molecule has 0 aliphatic rings. The molecule has 21 heavy (non-hydrogen) atoms. The average Bonchev–Trinajstić information content (AvgIpc) is 2.50. The Morgan fingerprint density at radius 3 is 2.38 bits per heavy atom. The first-order valence-corrected chi connectivity index (χ1v) is 7.42. The van der Waals surface area contributed by atoms with Crippen molar-refractivity contribution < 1.29 is 9.69 Å². The van der Waals surface area contributed by atoms with Crippen molar-refractivity contribution in [2.75, 3.05) is 18.4 Å². The number of aryl methyl sites for hydroxylation is 1. The number of hydrogen-bond donors (Lipinski definition) is 2. The van der Waals surface area contributed by atoms with Gasteiger partial charge in [0.2, 0.25) is 0 Å². The van der Waals surface area contributed by atoms with Gasteiger partial charge in [0.05, 0.1) is 6.54 Å². The lowest BCUT2D eigenvalue weighted by Crippen LogP contribution is -3.11. The molecule has 2 N–H and O–H groups in total. The summed E-state index contributed by atoms with van der Waals surface area (Å²) >= 11 is 0. The Balaban J connectivity index is 1.92. The Morgan fingerprint density at radius 2 is 1.71 bits per heavy atom. The molecular weight excluding hydrogens is 260 g/mol. The van der Waals surface area contributed by atoms with E-state index in [1.165, 1.54) is 10.5 Å². The smallest absolute Gasteiger partial charge is 0.279 e. The third-order valence-electron chi connectivity index (χ3n) is 3.63. The van der Waals surface area contributed by atoms with E-state index in [2.05, 4.69) is 24.4 Å². The van der Waals surface area contributed by atoms with Crippen LogP contribution in [0.3, 0.4) is 0 Å². The molecule has 0 radical (unpaired) electrons. The number of anilines is 1. The Labute approximate surface area is 126 Å². The van der Waals surface area contributed by atoms with E-state index in [9.17, 15) is 4.79 Å². The van der Waals surface area contributed by atoms with Crippen molar-refractivity contribution in [3.05, 3.63) is 65.7 Å². The van der Waals surface area contributed by atoms with Crippen LogP contribution in [0.2, 0.25) is 0 Å². The first kappa shape index (κ1) is 15.3. The molecule has 2 rings (SSSR count). The van der Waals surface area contributed by atoms with Gasteiger partial charge in [-0.2, -0.15) is 0 Å². The summed E-state index contributed by atoms with van der Waals surface area (Å²) in [6.45, 7) is 6.40. The molecule has 0 fully saturated rings. The minimum Gasteiger partial charge on any atom is -0.324 e. The maximum Gasteiger partial charge on any atom is 0.279 e. The van der Waals surface area contributed by atoms with Crippen LogP contribution in [0.4, 0.5) is 5.69 Å². The van der Waals surface area contributed by atoms with Gasteiger partial charge in [-0.3, -0.25) is 4.79 Å². The zero-order chi connectivity index (χ0) is 15.1. The van der Waals surface area contributed by atoms with Crippen molar-refractivity contribution in [1.82, 2.24) is 0 Å². The zero-order valence-electron chi connectivity index (χ0n) is 12.7. The molecular formula is C18H23N2O+. The number of hydrogen-bond acceptors (Lipinski definition) is 1. The van der Waals surface area contributed by atoms with Crippen LogP contribution in [0.5, 0.6) is 0 Å². The number of carbonyl (C=O) groups is 1. The lowest BCUT2D eigenvalue weighted by molar-refractivity contribution is -0.903. The first-order chi connectivity index (χ1) is 10.2. The maximum atomic E-state index is 12.2. The van der Waals surface area contributed by atoms with Gasteiger partial charge >= 0.3 is 0 Å². The maximum absolute atomic E-state index is 12.2. The van der Waals surface area contributed by atoms with Crippen molar-refractivity contribution in [1.29, 1.82) is 0 Å². The second-order valence-electron chi connectivity index (χ2n) is 5.31. The van der Waals surface area contributed by atoms with E-state index in [0.717, 1.165) is 24.3 Å². The van der Waals surface area contributed by atoms with Crippen LogP contribution in [0.1, 0.15) is 18.1 Å². The summed E-state index contributed by atoms with van der Waals surface area (Å²) in [4.78, 5) is 13.4. The molecule has 0 aromatic heterocycles. The van der Waals surface area contributed by atoms with Gasteiger partial charge in [0.25, 0.3) is 5.91 Å². The van der Waals surface area contributed by atoms with Crippen molar-refractivity contribution in [3.8, 4) is 0 Å². The van der Waals surface area contributed by atoms with Gasteiger partial charge in [0.1, 0.15) is 6.54 Å². The van der Waals surface area contributed by atoms with Gasteiger partial charge in [0.15, 0.2) is 6.54 Å². The second-order valence-corrected chi connectivity index (χ2v) is 5.31. The van der Waals surface area contributed by atoms with Crippen molar-refractivity contribution in [2.24, 2.45) is 0 Å². The summed E-state index contributed by atoms with van der Waals surface area (Å²) in [5, 5.41) is 3.00. The van der Waals surface area contributed by atoms with Gasteiger partial charge in [0, 0.05) is 11.3 Å². The Bertz CT molecular complexity index is 581. The van der Waals surface area contributed by atoms with Gasteiger partial charge in [-0.25, -0.2) is 0 Å². The number of nitrogens with one attached hydrogen (secondary N) is 2. The molecule has 0 heterocycles. The number of rotatable bonds is 6. The van der Waals surface area contributed by atoms with Gasteiger partial charge < -0.3 is 10.2 Å². The first-order valence-electron chi connectivity index (χ1n) is 7.42. The SMILES string of the molecule is CC[NH+](CC(=O)Nc1ccccc1C)Cc1ccccc1. The highest BCUT2D eigenvalue weighted by Crippen LogP contribution is 2.12. The van der Waals surface area contributed by atoms with E-state index < -0.39 is 0 Å². The highest BCUT2D eigenvalue weighted by Gasteiger charge is 2.13. The predicted molar refractivity (Wildman–Crippen MR) is 86.3 cm³/mol. The molecule has 0 aliphatic carbocycles. The molecule has 2 aromatic carbocycles. The summed E-state index contributed by atoms with van der Waals surface area (Å²) in [5.74, 6) is 0.0667. The molecule has 2 aromatic rings. The van der Waals surface area contributed by atoms with Crippen LogP contribution >= 0.6 is 0 Å². The quantitative estimate of drug-likeness (QED) is 0.836. The van der Waals surface area contributed by atoms with Crippen LogP contribution in [0, 0.1) is 6.92 Å². The van der Waals surface area contributed by atoms with Crippen molar-refractivity contribution in [3.63, 3.8) is 0 Å². The number of benzene rings is 2. The van der Waals surface area contributed by atoms with E-state index >= 15 is 0 Å². The van der Waals surface area contributed by atoms with Crippen LogP contribution in [0.15, 0.2) is 54.6 Å². The summed E-state index contributed by atoms with van der Waals surface area (Å²) in [7, 11) is 0. The molecule has 1 amide bonds. The van der Waals surface area contributed by atoms with Crippen molar-refractivity contribution >= 4 is 11.6 Å². The number of quaternary nitrogens is 1. The number of amides is 1. The fraction of sp³-hybridized carbons (Fsp3) is 0.278. The van der Waals surface area contributed by atoms with E-state index in [-0.39, 0.29) is 5.91 Å². The highest BCUT2D eigenvalue weighted by atomic mass is 16.2. The highest BCUT2D eigenvalue weighted by molar-refractivity contribution is 5.92. The molecule has 0 saturated carbocycles. The van der Waals surface area contributed by atoms with Gasteiger partial charge in [-0.15, -0.1) is 0 Å². The summed E-state index contributed by atoms with van der Waals surface area (Å²) in [5.41, 5.74) is 3.25. The third kappa shape index (κ3) is 4.72. The number of para-hydroxylation sites is 1. The molecule has 0 spiro atoms. The molecule has 1 unspecified atom stereocenters. The van der Waals surface area contributed by atoms with Crippen LogP contribution in [-0.4, -0.2) is 19.0 Å². The van der Waals surface area contributed by atoms with E-state index in [4.69, 9.17) is 0 Å². The normalized spacial score (nSPS) is 11.9. The van der Waals surface area contributed by atoms with Crippen LogP contribution in [0.25, 0.3) is 0 Å². The minimum absolute atomic E-state index is 0.0667. The van der Waals surface area contributed by atoms with Crippen LogP contribution in [-0.2, 0) is 11.3 Å². The summed E-state index contributed by atoms with van der Waals surface area (Å²) in [6, 6.07) is 18.2. The lowest BCUT2D eigenvalue weighted by Gasteiger charge is -2.17. The predicted octanol–water partition coefficient (Wildman–Crippen LogP) is 2.04. The minimum atomic E-state index is 0.0667. The average molecular weight is 283 g/mol. The lowest BCUT2D eigenvalue weighted by atomic mass is 10.2. The third-order valence-corrected chi connectivity index (χ3v) is 3.63. The van der Waals surface area contributed by atoms with Gasteiger partial charge in [-0.1, -0.05) is 48.5 Å². The monoisotopic (exact) mass is 283 g/mol. The van der Waals surface area contributed by atoms with Crippen LogP contribution < -0.4 is 10.2 Å². The van der Waals surface area contributed by atoms with E-state index in [0.29, 0.717) is 6.54 Å².